The number of aryl methyl sites for hydroxylation is 2. The summed E-state index contributed by atoms with van der Waals surface area (Å²) in [5, 5.41) is 3.66. The molecule has 2 heteroatoms. The molecule has 2 nitrogen and oxygen atoms in total. The summed E-state index contributed by atoms with van der Waals surface area (Å²) in [4.78, 5) is 0. The highest BCUT2D eigenvalue weighted by Gasteiger charge is 2.40. The zero-order valence-corrected chi connectivity index (χ0v) is 10.7. The molecule has 2 fully saturated rings. The number of rotatable bonds is 3. The minimum absolute atomic E-state index is 0.478. The van der Waals surface area contributed by atoms with Crippen LogP contribution in [0.25, 0.3) is 0 Å². The average Bonchev–Trinajstić information content (AvgIpc) is 2.89. The lowest BCUT2D eigenvalue weighted by molar-refractivity contribution is 0.0973. The van der Waals surface area contributed by atoms with E-state index in [1.54, 1.807) is 0 Å². The Morgan fingerprint density at radius 1 is 1.29 bits per heavy atom. The van der Waals surface area contributed by atoms with E-state index in [1.165, 1.54) is 36.0 Å². The molecular weight excluding hydrogens is 210 g/mol. The van der Waals surface area contributed by atoms with Crippen molar-refractivity contribution in [2.24, 2.45) is 0 Å². The summed E-state index contributed by atoms with van der Waals surface area (Å²) >= 11 is 0. The van der Waals surface area contributed by atoms with Crippen LogP contribution in [0.5, 0.6) is 0 Å². The highest BCUT2D eigenvalue weighted by Crippen LogP contribution is 2.34. The first-order valence-electron chi connectivity index (χ1n) is 6.67. The van der Waals surface area contributed by atoms with Crippen LogP contribution in [0, 0.1) is 13.8 Å². The van der Waals surface area contributed by atoms with E-state index in [-0.39, 0.29) is 0 Å². The zero-order valence-electron chi connectivity index (χ0n) is 10.7. The molecule has 0 spiro atoms. The fourth-order valence-electron chi connectivity index (χ4n) is 3.14. The van der Waals surface area contributed by atoms with Gasteiger partial charge in [-0.2, -0.15) is 0 Å². The van der Waals surface area contributed by atoms with Crippen LogP contribution in [0.4, 0.5) is 0 Å². The molecule has 2 aliphatic rings. The average molecular weight is 231 g/mol. The molecule has 1 aromatic carbocycles. The van der Waals surface area contributed by atoms with Crippen molar-refractivity contribution >= 4 is 0 Å². The lowest BCUT2D eigenvalue weighted by Crippen LogP contribution is -2.37. The maximum atomic E-state index is 5.86. The van der Waals surface area contributed by atoms with Crippen molar-refractivity contribution < 1.29 is 4.74 Å². The second-order valence-corrected chi connectivity index (χ2v) is 5.53. The zero-order chi connectivity index (χ0) is 11.8. The van der Waals surface area contributed by atoms with Crippen LogP contribution in [0.3, 0.4) is 0 Å². The first-order chi connectivity index (χ1) is 8.22. The highest BCUT2D eigenvalue weighted by atomic mass is 16.5. The van der Waals surface area contributed by atoms with Gasteiger partial charge >= 0.3 is 0 Å². The maximum absolute atomic E-state index is 5.86. The van der Waals surface area contributed by atoms with Gasteiger partial charge in [0.15, 0.2) is 0 Å². The lowest BCUT2D eigenvalue weighted by atomic mass is 9.95. The molecule has 0 amide bonds. The number of ether oxygens (including phenoxy) is 1. The Balaban J connectivity index is 1.60. The van der Waals surface area contributed by atoms with E-state index in [4.69, 9.17) is 4.74 Å². The Labute approximate surface area is 103 Å². The van der Waals surface area contributed by atoms with Crippen molar-refractivity contribution in [3.05, 3.63) is 34.9 Å². The van der Waals surface area contributed by atoms with Crippen LogP contribution >= 0.6 is 0 Å². The summed E-state index contributed by atoms with van der Waals surface area (Å²) in [6.07, 6.45) is 4.74. The largest absolute Gasteiger partial charge is 0.373 e. The van der Waals surface area contributed by atoms with Crippen molar-refractivity contribution in [2.75, 3.05) is 0 Å². The van der Waals surface area contributed by atoms with Crippen molar-refractivity contribution in [1.29, 1.82) is 0 Å². The van der Waals surface area contributed by atoms with Gasteiger partial charge in [0.1, 0.15) is 0 Å². The van der Waals surface area contributed by atoms with Crippen molar-refractivity contribution in [3.8, 4) is 0 Å². The molecule has 0 saturated carbocycles. The van der Waals surface area contributed by atoms with Crippen LogP contribution in [-0.2, 0) is 11.3 Å². The molecule has 3 unspecified atom stereocenters. The smallest absolute Gasteiger partial charge is 0.0733 e. The molecule has 2 bridgehead atoms. The molecule has 1 N–H and O–H groups in total. The molecule has 2 saturated heterocycles. The molecule has 1 aromatic rings. The Hall–Kier alpha value is -0.860. The number of benzene rings is 1. The Bertz CT molecular complexity index is 415. The van der Waals surface area contributed by atoms with Gasteiger partial charge in [-0.25, -0.2) is 0 Å². The van der Waals surface area contributed by atoms with Crippen LogP contribution in [0.2, 0.25) is 0 Å². The van der Waals surface area contributed by atoms with Gasteiger partial charge in [-0.15, -0.1) is 0 Å². The van der Waals surface area contributed by atoms with E-state index >= 15 is 0 Å². The van der Waals surface area contributed by atoms with Crippen molar-refractivity contribution in [1.82, 2.24) is 5.32 Å². The van der Waals surface area contributed by atoms with Gasteiger partial charge in [-0.3, -0.25) is 0 Å². The van der Waals surface area contributed by atoms with Crippen LogP contribution in [0.1, 0.15) is 36.0 Å². The van der Waals surface area contributed by atoms with Gasteiger partial charge in [-0.1, -0.05) is 23.8 Å². The highest BCUT2D eigenvalue weighted by molar-refractivity contribution is 5.30. The van der Waals surface area contributed by atoms with Crippen LogP contribution in [0.15, 0.2) is 18.2 Å². The van der Waals surface area contributed by atoms with Crippen molar-refractivity contribution in [3.63, 3.8) is 0 Å². The summed E-state index contributed by atoms with van der Waals surface area (Å²) in [7, 11) is 0. The van der Waals surface area contributed by atoms with Crippen LogP contribution in [-0.4, -0.2) is 18.2 Å². The predicted octanol–water partition coefficient (Wildman–Crippen LogP) is 2.71. The molecule has 3 rings (SSSR count). The molecule has 92 valence electrons. The van der Waals surface area contributed by atoms with Crippen LogP contribution < -0.4 is 5.32 Å². The lowest BCUT2D eigenvalue weighted by Gasteiger charge is -2.20. The van der Waals surface area contributed by atoms with Gasteiger partial charge < -0.3 is 10.1 Å². The molecular formula is C15H21NO. The second-order valence-electron chi connectivity index (χ2n) is 5.53. The standard InChI is InChI=1S/C15H21NO/c1-10-3-4-12(11(2)7-10)9-16-14-8-13-5-6-15(14)17-13/h3-4,7,13-16H,5-6,8-9H2,1-2H3. The fraction of sp³-hybridized carbons (Fsp3) is 0.600. The summed E-state index contributed by atoms with van der Waals surface area (Å²) < 4.78 is 5.86. The van der Waals surface area contributed by atoms with Gasteiger partial charge in [0.25, 0.3) is 0 Å². The SMILES string of the molecule is Cc1ccc(CNC2CC3CCC2O3)c(C)c1. The first-order valence-corrected chi connectivity index (χ1v) is 6.67. The van der Waals surface area contributed by atoms with Gasteiger partial charge in [0, 0.05) is 12.6 Å². The van der Waals surface area contributed by atoms with E-state index in [2.05, 4.69) is 37.4 Å². The third-order valence-electron chi connectivity index (χ3n) is 4.16. The normalized spacial score (nSPS) is 31.1. The Morgan fingerprint density at radius 2 is 2.18 bits per heavy atom. The number of hydrogen-bond donors (Lipinski definition) is 1. The van der Waals surface area contributed by atoms with E-state index in [0.717, 1.165) is 6.54 Å². The molecule has 17 heavy (non-hydrogen) atoms. The van der Waals surface area contributed by atoms with E-state index < -0.39 is 0 Å². The molecule has 2 aliphatic heterocycles. The topological polar surface area (TPSA) is 21.3 Å². The van der Waals surface area contributed by atoms with Crippen molar-refractivity contribution in [2.45, 2.75) is 57.9 Å². The molecule has 3 atom stereocenters. The number of fused-ring (bicyclic) bond motifs is 2. The summed E-state index contributed by atoms with van der Waals surface area (Å²) in [6, 6.07) is 7.27. The maximum Gasteiger partial charge on any atom is 0.0733 e. The Morgan fingerprint density at radius 3 is 2.82 bits per heavy atom. The molecule has 0 aliphatic carbocycles. The van der Waals surface area contributed by atoms with Gasteiger partial charge in [-0.05, 0) is 44.2 Å². The fourth-order valence-corrected chi connectivity index (χ4v) is 3.14. The second kappa shape index (κ2) is 4.43. The Kier molecular flexibility index (Phi) is 2.93. The monoisotopic (exact) mass is 231 g/mol. The summed E-state index contributed by atoms with van der Waals surface area (Å²) in [5.74, 6) is 0. The molecule has 0 aromatic heterocycles. The van der Waals surface area contributed by atoms with E-state index in [1.807, 2.05) is 0 Å². The minimum atomic E-state index is 0.478. The first kappa shape index (κ1) is 11.2. The minimum Gasteiger partial charge on any atom is -0.373 e. The molecule has 0 radical (unpaired) electrons. The predicted molar refractivity (Wildman–Crippen MR) is 69.1 cm³/mol. The van der Waals surface area contributed by atoms with Gasteiger partial charge in [0.2, 0.25) is 0 Å². The van der Waals surface area contributed by atoms with Gasteiger partial charge in [0.05, 0.1) is 12.2 Å². The summed E-state index contributed by atoms with van der Waals surface area (Å²) in [5.41, 5.74) is 4.15. The molecule has 2 heterocycles. The number of hydrogen-bond acceptors (Lipinski definition) is 2. The van der Waals surface area contributed by atoms with E-state index in [0.29, 0.717) is 18.2 Å². The number of nitrogens with one attached hydrogen (secondary N) is 1. The third kappa shape index (κ3) is 2.24. The quantitative estimate of drug-likeness (QED) is 0.863. The summed E-state index contributed by atoms with van der Waals surface area (Å²) in [6.45, 7) is 5.32. The third-order valence-corrected chi connectivity index (χ3v) is 4.16. The van der Waals surface area contributed by atoms with E-state index in [9.17, 15) is 0 Å².